The number of hydrogen-bond donors (Lipinski definition) is 2. The largest absolute Gasteiger partial charge is 0.379 e. The van der Waals surface area contributed by atoms with Crippen LogP contribution in [0.15, 0.2) is 15.6 Å². The maximum Gasteiger partial charge on any atom is 0.191 e. The monoisotopic (exact) mass is 465 g/mol. The molecule has 1 aromatic rings. The van der Waals surface area contributed by atoms with Crippen LogP contribution in [-0.4, -0.2) is 62.5 Å². The van der Waals surface area contributed by atoms with E-state index in [1.54, 1.807) is 7.05 Å². The molecular formula is C17H32IN5O2. The minimum Gasteiger partial charge on any atom is -0.379 e. The van der Waals surface area contributed by atoms with Gasteiger partial charge in [-0.15, -0.1) is 24.0 Å². The van der Waals surface area contributed by atoms with Gasteiger partial charge in [0.2, 0.25) is 0 Å². The molecule has 1 aliphatic rings. The highest BCUT2D eigenvalue weighted by Crippen LogP contribution is 2.13. The van der Waals surface area contributed by atoms with E-state index in [4.69, 9.17) is 9.26 Å². The van der Waals surface area contributed by atoms with Crippen LogP contribution < -0.4 is 10.6 Å². The number of rotatable bonds is 7. The Morgan fingerprint density at radius 3 is 2.60 bits per heavy atom. The van der Waals surface area contributed by atoms with Gasteiger partial charge in [-0.05, 0) is 11.8 Å². The zero-order valence-electron chi connectivity index (χ0n) is 15.7. The van der Waals surface area contributed by atoms with Gasteiger partial charge in [-0.3, -0.25) is 9.89 Å². The van der Waals surface area contributed by atoms with Gasteiger partial charge in [0.05, 0.1) is 25.5 Å². The van der Waals surface area contributed by atoms with E-state index in [1.807, 2.05) is 6.07 Å². The molecule has 0 aliphatic carbocycles. The van der Waals surface area contributed by atoms with E-state index in [0.717, 1.165) is 56.8 Å². The molecular weight excluding hydrogens is 433 g/mol. The highest BCUT2D eigenvalue weighted by molar-refractivity contribution is 14.0. The van der Waals surface area contributed by atoms with Crippen LogP contribution in [0.1, 0.15) is 38.1 Å². The van der Waals surface area contributed by atoms with Crippen LogP contribution in [0.25, 0.3) is 0 Å². The first kappa shape index (κ1) is 22.2. The number of aliphatic imine (C=N–C) groups is 1. The number of ether oxygens (including phenoxy) is 1. The minimum atomic E-state index is 0. The lowest BCUT2D eigenvalue weighted by Crippen LogP contribution is -2.43. The van der Waals surface area contributed by atoms with Crippen LogP contribution in [0, 0.1) is 5.92 Å². The van der Waals surface area contributed by atoms with E-state index in [-0.39, 0.29) is 24.0 Å². The highest BCUT2D eigenvalue weighted by Gasteiger charge is 2.14. The lowest BCUT2D eigenvalue weighted by atomic mass is 10.1. The van der Waals surface area contributed by atoms with Gasteiger partial charge in [0.25, 0.3) is 0 Å². The van der Waals surface area contributed by atoms with Gasteiger partial charge in [-0.1, -0.05) is 25.9 Å². The lowest BCUT2D eigenvalue weighted by Gasteiger charge is -2.29. The smallest absolute Gasteiger partial charge is 0.191 e. The minimum absolute atomic E-state index is 0. The summed E-state index contributed by atoms with van der Waals surface area (Å²) in [6.07, 6.45) is 0. The second-order valence-electron chi connectivity index (χ2n) is 6.70. The van der Waals surface area contributed by atoms with Crippen molar-refractivity contribution < 1.29 is 9.26 Å². The molecule has 7 nitrogen and oxygen atoms in total. The fourth-order valence-electron chi connectivity index (χ4n) is 2.64. The molecule has 1 saturated heterocycles. The van der Waals surface area contributed by atoms with E-state index >= 15 is 0 Å². The standard InChI is InChI=1S/C17H31N5O2.HI/c1-13(2)16-9-15(24-21-16)11-20-17(18-4)19-10-14(3)12-22-5-7-23-8-6-22;/h9,13-14H,5-8,10-12H2,1-4H3,(H2,18,19,20);1H. The Kier molecular flexibility index (Phi) is 10.4. The van der Waals surface area contributed by atoms with Crippen LogP contribution in [0.4, 0.5) is 0 Å². The summed E-state index contributed by atoms with van der Waals surface area (Å²) < 4.78 is 10.7. The van der Waals surface area contributed by atoms with E-state index in [1.165, 1.54) is 0 Å². The van der Waals surface area contributed by atoms with Crippen molar-refractivity contribution in [3.05, 3.63) is 17.5 Å². The molecule has 0 saturated carbocycles. The van der Waals surface area contributed by atoms with Crippen molar-refractivity contribution in [2.24, 2.45) is 10.9 Å². The third kappa shape index (κ3) is 7.91. The molecule has 1 aromatic heterocycles. The predicted octanol–water partition coefficient (Wildman–Crippen LogP) is 2.05. The maximum atomic E-state index is 5.39. The molecule has 1 atom stereocenters. The van der Waals surface area contributed by atoms with E-state index < -0.39 is 0 Å². The average Bonchev–Trinajstić information content (AvgIpc) is 3.05. The summed E-state index contributed by atoms with van der Waals surface area (Å²) in [5, 5.41) is 10.7. The highest BCUT2D eigenvalue weighted by atomic mass is 127. The Balaban J connectivity index is 0.00000312. The van der Waals surface area contributed by atoms with Crippen molar-refractivity contribution in [2.45, 2.75) is 33.2 Å². The van der Waals surface area contributed by atoms with Gasteiger partial charge in [0.1, 0.15) is 0 Å². The fourth-order valence-corrected chi connectivity index (χ4v) is 2.64. The summed E-state index contributed by atoms with van der Waals surface area (Å²) in [5.41, 5.74) is 0.980. The number of hydrogen-bond acceptors (Lipinski definition) is 5. The average molecular weight is 465 g/mol. The predicted molar refractivity (Wildman–Crippen MR) is 111 cm³/mol. The summed E-state index contributed by atoms with van der Waals surface area (Å²) >= 11 is 0. The van der Waals surface area contributed by atoms with Crippen LogP contribution >= 0.6 is 24.0 Å². The Labute approximate surface area is 168 Å². The van der Waals surface area contributed by atoms with Crippen LogP contribution in [-0.2, 0) is 11.3 Å². The third-order valence-corrected chi connectivity index (χ3v) is 4.11. The van der Waals surface area contributed by atoms with Gasteiger partial charge in [-0.2, -0.15) is 0 Å². The summed E-state index contributed by atoms with van der Waals surface area (Å²) in [5.74, 6) is 2.52. The van der Waals surface area contributed by atoms with Crippen molar-refractivity contribution in [3.63, 3.8) is 0 Å². The number of guanidine groups is 1. The van der Waals surface area contributed by atoms with Gasteiger partial charge in [-0.25, -0.2) is 0 Å². The second kappa shape index (κ2) is 11.7. The lowest BCUT2D eigenvalue weighted by molar-refractivity contribution is 0.0320. The quantitative estimate of drug-likeness (QED) is 0.365. The zero-order valence-corrected chi connectivity index (χ0v) is 18.1. The van der Waals surface area contributed by atoms with Gasteiger partial charge < -0.3 is 19.9 Å². The number of halogens is 1. The SMILES string of the molecule is CN=C(NCc1cc(C(C)C)no1)NCC(C)CN1CCOCC1.I. The van der Waals surface area contributed by atoms with Crippen molar-refractivity contribution in [3.8, 4) is 0 Å². The fraction of sp³-hybridized carbons (Fsp3) is 0.765. The number of aromatic nitrogens is 1. The summed E-state index contributed by atoms with van der Waals surface area (Å²) in [4.78, 5) is 6.71. The molecule has 1 fully saturated rings. The molecule has 0 bridgehead atoms. The normalized spacial score (nSPS) is 17.2. The summed E-state index contributed by atoms with van der Waals surface area (Å²) in [6, 6.07) is 1.99. The molecule has 8 heteroatoms. The first-order valence-corrected chi connectivity index (χ1v) is 8.78. The Morgan fingerprint density at radius 2 is 2.00 bits per heavy atom. The molecule has 0 radical (unpaired) electrons. The molecule has 1 unspecified atom stereocenters. The molecule has 0 aromatic carbocycles. The molecule has 1 aliphatic heterocycles. The van der Waals surface area contributed by atoms with E-state index in [0.29, 0.717) is 18.4 Å². The summed E-state index contributed by atoms with van der Waals surface area (Å²) in [7, 11) is 1.78. The molecule has 2 N–H and O–H groups in total. The molecule has 2 rings (SSSR count). The molecule has 0 amide bonds. The van der Waals surface area contributed by atoms with Crippen molar-refractivity contribution in [2.75, 3.05) is 46.4 Å². The van der Waals surface area contributed by atoms with Gasteiger partial charge in [0, 0.05) is 39.3 Å². The molecule has 2 heterocycles. The van der Waals surface area contributed by atoms with E-state index in [9.17, 15) is 0 Å². The first-order chi connectivity index (χ1) is 11.6. The number of nitrogens with zero attached hydrogens (tertiary/aromatic N) is 3. The zero-order chi connectivity index (χ0) is 17.4. The van der Waals surface area contributed by atoms with Crippen LogP contribution in [0.5, 0.6) is 0 Å². The Hall–Kier alpha value is -0.870. The number of morpholine rings is 1. The molecule has 25 heavy (non-hydrogen) atoms. The van der Waals surface area contributed by atoms with Crippen molar-refractivity contribution in [1.29, 1.82) is 0 Å². The second-order valence-corrected chi connectivity index (χ2v) is 6.70. The Bertz CT molecular complexity index is 515. The van der Waals surface area contributed by atoms with Gasteiger partial charge in [0.15, 0.2) is 11.7 Å². The summed E-state index contributed by atoms with van der Waals surface area (Å²) in [6.45, 7) is 12.7. The van der Waals surface area contributed by atoms with Crippen LogP contribution in [0.3, 0.4) is 0 Å². The van der Waals surface area contributed by atoms with Crippen LogP contribution in [0.2, 0.25) is 0 Å². The topological polar surface area (TPSA) is 74.9 Å². The Morgan fingerprint density at radius 1 is 1.28 bits per heavy atom. The maximum absolute atomic E-state index is 5.39. The van der Waals surface area contributed by atoms with Crippen molar-refractivity contribution in [1.82, 2.24) is 20.7 Å². The molecule has 144 valence electrons. The number of nitrogens with one attached hydrogen (secondary N) is 2. The van der Waals surface area contributed by atoms with E-state index in [2.05, 4.69) is 46.5 Å². The van der Waals surface area contributed by atoms with Crippen molar-refractivity contribution >= 4 is 29.9 Å². The third-order valence-electron chi connectivity index (χ3n) is 4.11. The van der Waals surface area contributed by atoms with Gasteiger partial charge >= 0.3 is 0 Å². The molecule has 0 spiro atoms. The first-order valence-electron chi connectivity index (χ1n) is 8.78.